The highest BCUT2D eigenvalue weighted by Gasteiger charge is 2.33. The van der Waals surface area contributed by atoms with Crippen molar-refractivity contribution in [2.24, 2.45) is 10.8 Å². The van der Waals surface area contributed by atoms with Gasteiger partial charge in [-0.2, -0.15) is 0 Å². The van der Waals surface area contributed by atoms with Gasteiger partial charge in [0.15, 0.2) is 0 Å². The van der Waals surface area contributed by atoms with Crippen LogP contribution in [-0.4, -0.2) is 36.0 Å². The van der Waals surface area contributed by atoms with E-state index in [2.05, 4.69) is 17.2 Å². The molecule has 0 saturated heterocycles. The lowest BCUT2D eigenvalue weighted by molar-refractivity contribution is -0.139. The van der Waals surface area contributed by atoms with Crippen LogP contribution in [-0.2, 0) is 14.4 Å². The number of aliphatic carboxylic acids is 1. The van der Waals surface area contributed by atoms with Crippen molar-refractivity contribution in [3.63, 3.8) is 0 Å². The third-order valence-electron chi connectivity index (χ3n) is 4.38. The fourth-order valence-corrected chi connectivity index (χ4v) is 2.28. The molecule has 0 fully saturated rings. The highest BCUT2D eigenvalue weighted by Crippen LogP contribution is 2.31. The number of carbonyl (C=O) groups is 3. The molecule has 0 aliphatic heterocycles. The topological polar surface area (TPSA) is 95.5 Å². The lowest BCUT2D eigenvalue weighted by Gasteiger charge is -2.29. The largest absolute Gasteiger partial charge is 0.480 e. The summed E-state index contributed by atoms with van der Waals surface area (Å²) < 4.78 is 0. The maximum atomic E-state index is 12.3. The normalized spacial score (nSPS) is 11.7. The zero-order chi connectivity index (χ0) is 19.5. The first-order valence-corrected chi connectivity index (χ1v) is 8.92. The van der Waals surface area contributed by atoms with Crippen molar-refractivity contribution < 1.29 is 19.5 Å². The lowest BCUT2D eigenvalue weighted by Crippen LogP contribution is -2.42. The maximum absolute atomic E-state index is 12.3. The lowest BCUT2D eigenvalue weighted by atomic mass is 9.78. The molecule has 0 unspecified atom stereocenters. The molecule has 144 valence electrons. The van der Waals surface area contributed by atoms with Crippen LogP contribution >= 0.6 is 0 Å². The van der Waals surface area contributed by atoms with Gasteiger partial charge in [-0.25, -0.2) is 0 Å². The van der Waals surface area contributed by atoms with E-state index in [0.717, 1.165) is 25.7 Å². The molecule has 6 nitrogen and oxygen atoms in total. The number of hydrogen-bond acceptors (Lipinski definition) is 3. The van der Waals surface area contributed by atoms with Crippen LogP contribution in [0.5, 0.6) is 0 Å². The van der Waals surface area contributed by atoms with E-state index in [9.17, 15) is 14.4 Å². The number of carboxylic acid groups (broad SMARTS) is 1. The van der Waals surface area contributed by atoms with Crippen molar-refractivity contribution in [2.45, 2.75) is 66.2 Å². The van der Waals surface area contributed by atoms with E-state index in [1.165, 1.54) is 0 Å². The van der Waals surface area contributed by atoms with Crippen LogP contribution in [0.2, 0.25) is 0 Å². The van der Waals surface area contributed by atoms with Crippen LogP contribution < -0.4 is 10.6 Å². The summed E-state index contributed by atoms with van der Waals surface area (Å²) in [6.07, 6.45) is 7.03. The van der Waals surface area contributed by atoms with Gasteiger partial charge in [0.2, 0.25) is 11.8 Å². The van der Waals surface area contributed by atoms with Gasteiger partial charge < -0.3 is 15.7 Å². The summed E-state index contributed by atoms with van der Waals surface area (Å²) in [5, 5.41) is 14.0. The third kappa shape index (κ3) is 9.89. The van der Waals surface area contributed by atoms with Crippen molar-refractivity contribution in [3.05, 3.63) is 12.7 Å². The molecule has 0 aliphatic carbocycles. The molecule has 0 saturated carbocycles. The average Bonchev–Trinajstić information content (AvgIpc) is 2.53. The summed E-state index contributed by atoms with van der Waals surface area (Å²) >= 11 is 0. The Morgan fingerprint density at radius 2 is 1.44 bits per heavy atom. The van der Waals surface area contributed by atoms with E-state index in [1.54, 1.807) is 13.8 Å². The monoisotopic (exact) mass is 354 g/mol. The Kier molecular flexibility index (Phi) is 10.1. The Hall–Kier alpha value is -1.85. The number of rotatable bonds is 13. The number of carboxylic acids is 1. The SMILES string of the molecule is C=CCCCCCNC(=O)C(C)(C)CCC(C)(C)C(=O)NCC(=O)O. The number of nitrogens with one attached hydrogen (secondary N) is 2. The summed E-state index contributed by atoms with van der Waals surface area (Å²) in [4.78, 5) is 35.0. The molecule has 0 radical (unpaired) electrons. The fourth-order valence-electron chi connectivity index (χ4n) is 2.28. The van der Waals surface area contributed by atoms with Gasteiger partial charge in [-0.1, -0.05) is 40.2 Å². The Bertz CT molecular complexity index is 470. The standard InChI is InChI=1S/C19H34N2O4/c1-6-7-8-9-10-13-20-16(24)18(2,3)11-12-19(4,5)17(25)21-14-15(22)23/h6H,1,7-14H2,2-5H3,(H,20,24)(H,21,25)(H,22,23). The van der Waals surface area contributed by atoms with Gasteiger partial charge in [-0.05, 0) is 32.1 Å². The molecule has 0 aromatic rings. The molecule has 0 atom stereocenters. The molecular formula is C19H34N2O4. The Morgan fingerprint density at radius 1 is 0.920 bits per heavy atom. The van der Waals surface area contributed by atoms with Gasteiger partial charge in [0, 0.05) is 17.4 Å². The van der Waals surface area contributed by atoms with Gasteiger partial charge in [0.05, 0.1) is 0 Å². The smallest absolute Gasteiger partial charge is 0.322 e. The first-order chi connectivity index (χ1) is 11.5. The Morgan fingerprint density at radius 3 is 1.92 bits per heavy atom. The summed E-state index contributed by atoms with van der Waals surface area (Å²) in [5.41, 5.74) is -1.30. The van der Waals surface area contributed by atoms with Crippen LogP contribution in [0.25, 0.3) is 0 Å². The third-order valence-corrected chi connectivity index (χ3v) is 4.38. The molecule has 0 spiro atoms. The minimum absolute atomic E-state index is 0.0158. The van der Waals surface area contributed by atoms with Crippen molar-refractivity contribution in [3.8, 4) is 0 Å². The molecular weight excluding hydrogens is 320 g/mol. The molecule has 0 rings (SSSR count). The first-order valence-electron chi connectivity index (χ1n) is 8.92. The number of amides is 2. The van der Waals surface area contributed by atoms with E-state index >= 15 is 0 Å². The van der Waals surface area contributed by atoms with Gasteiger partial charge in [0.25, 0.3) is 0 Å². The summed E-state index contributed by atoms with van der Waals surface area (Å²) in [7, 11) is 0. The van der Waals surface area contributed by atoms with Crippen molar-refractivity contribution in [2.75, 3.05) is 13.1 Å². The van der Waals surface area contributed by atoms with Crippen LogP contribution in [0.4, 0.5) is 0 Å². The Labute approximate surface area is 151 Å². The number of unbranched alkanes of at least 4 members (excludes halogenated alkanes) is 3. The van der Waals surface area contributed by atoms with Gasteiger partial charge >= 0.3 is 5.97 Å². The van der Waals surface area contributed by atoms with Crippen molar-refractivity contribution in [1.29, 1.82) is 0 Å². The van der Waals surface area contributed by atoms with Crippen molar-refractivity contribution >= 4 is 17.8 Å². The summed E-state index contributed by atoms with van der Waals surface area (Å²) in [6, 6.07) is 0. The van der Waals surface area contributed by atoms with Crippen molar-refractivity contribution in [1.82, 2.24) is 10.6 Å². The van der Waals surface area contributed by atoms with Gasteiger partial charge in [-0.15, -0.1) is 6.58 Å². The van der Waals surface area contributed by atoms with E-state index in [0.29, 0.717) is 19.4 Å². The van der Waals surface area contributed by atoms with E-state index < -0.39 is 23.3 Å². The molecule has 25 heavy (non-hydrogen) atoms. The molecule has 0 aromatic carbocycles. The number of carbonyl (C=O) groups excluding carboxylic acids is 2. The molecule has 0 bridgehead atoms. The molecule has 0 aromatic heterocycles. The van der Waals surface area contributed by atoms with Gasteiger partial charge in [0.1, 0.15) is 6.54 Å². The quantitative estimate of drug-likeness (QED) is 0.350. The van der Waals surface area contributed by atoms with Crippen LogP contribution in [0.3, 0.4) is 0 Å². The number of hydrogen-bond donors (Lipinski definition) is 3. The zero-order valence-electron chi connectivity index (χ0n) is 16.1. The summed E-state index contributed by atoms with van der Waals surface area (Å²) in [5.74, 6) is -1.40. The number of allylic oxidation sites excluding steroid dienone is 1. The predicted molar refractivity (Wildman–Crippen MR) is 99.1 cm³/mol. The molecule has 6 heteroatoms. The molecule has 0 aliphatic rings. The van der Waals surface area contributed by atoms with E-state index in [4.69, 9.17) is 5.11 Å². The Balaban J connectivity index is 4.30. The second-order valence-corrected chi connectivity index (χ2v) is 7.74. The average molecular weight is 354 g/mol. The van der Waals surface area contributed by atoms with Crippen LogP contribution in [0, 0.1) is 10.8 Å². The minimum Gasteiger partial charge on any atom is -0.480 e. The molecule has 3 N–H and O–H groups in total. The maximum Gasteiger partial charge on any atom is 0.322 e. The molecule has 2 amide bonds. The highest BCUT2D eigenvalue weighted by molar-refractivity contribution is 5.85. The predicted octanol–water partition coefficient (Wildman–Crippen LogP) is 2.88. The minimum atomic E-state index is -1.07. The summed E-state index contributed by atoms with van der Waals surface area (Å²) in [6.45, 7) is 11.2. The van der Waals surface area contributed by atoms with Gasteiger partial charge in [-0.3, -0.25) is 14.4 Å². The fraction of sp³-hybridized carbons (Fsp3) is 0.737. The second-order valence-electron chi connectivity index (χ2n) is 7.74. The highest BCUT2D eigenvalue weighted by atomic mass is 16.4. The van der Waals surface area contributed by atoms with E-state index in [-0.39, 0.29) is 11.8 Å². The van der Waals surface area contributed by atoms with E-state index in [1.807, 2.05) is 19.9 Å². The molecule has 0 heterocycles. The van der Waals surface area contributed by atoms with Crippen LogP contribution in [0.1, 0.15) is 66.2 Å². The van der Waals surface area contributed by atoms with Crippen LogP contribution in [0.15, 0.2) is 12.7 Å². The second kappa shape index (κ2) is 10.9. The first kappa shape index (κ1) is 23.1. The zero-order valence-corrected chi connectivity index (χ0v) is 16.1.